The first-order chi connectivity index (χ1) is 10.3. The fourth-order valence-electron chi connectivity index (χ4n) is 2.76. The van der Waals surface area contributed by atoms with Gasteiger partial charge in [-0.05, 0) is 46.4 Å². The van der Waals surface area contributed by atoms with Gasteiger partial charge >= 0.3 is 0 Å². The molecule has 106 valence electrons. The van der Waals surface area contributed by atoms with Crippen LogP contribution in [0.25, 0.3) is 10.8 Å². The molecule has 0 aliphatic rings. The Morgan fingerprint density at radius 1 is 0.905 bits per heavy atom. The first kappa shape index (κ1) is 14.3. The van der Waals surface area contributed by atoms with E-state index in [0.29, 0.717) is 0 Å². The van der Waals surface area contributed by atoms with Crippen molar-refractivity contribution in [1.29, 1.82) is 0 Å². The van der Waals surface area contributed by atoms with Crippen LogP contribution in [-0.2, 0) is 6.42 Å². The van der Waals surface area contributed by atoms with E-state index in [-0.39, 0.29) is 11.7 Å². The Labute approximate surface area is 132 Å². The van der Waals surface area contributed by atoms with Crippen LogP contribution in [0.4, 0.5) is 4.39 Å². The molecule has 0 nitrogen and oxygen atoms in total. The molecule has 0 bridgehead atoms. The maximum absolute atomic E-state index is 13.4. The van der Waals surface area contributed by atoms with Crippen molar-refractivity contribution in [3.8, 4) is 0 Å². The number of fused-ring (bicyclic) bond motifs is 1. The van der Waals surface area contributed by atoms with Gasteiger partial charge in [0.1, 0.15) is 5.82 Å². The van der Waals surface area contributed by atoms with Crippen molar-refractivity contribution < 1.29 is 4.39 Å². The molecule has 0 saturated heterocycles. The van der Waals surface area contributed by atoms with Gasteiger partial charge in [0.05, 0.1) is 0 Å². The van der Waals surface area contributed by atoms with Gasteiger partial charge in [-0.2, -0.15) is 0 Å². The molecule has 0 fully saturated rings. The number of alkyl halides is 1. The molecule has 0 N–H and O–H groups in total. The normalized spacial score (nSPS) is 12.5. The summed E-state index contributed by atoms with van der Waals surface area (Å²) in [5, 5.41) is 3.35. The van der Waals surface area contributed by atoms with E-state index in [1.165, 1.54) is 22.4 Å². The molecule has 21 heavy (non-hydrogen) atoms. The van der Waals surface area contributed by atoms with Crippen molar-refractivity contribution in [2.45, 2.75) is 12.3 Å². The highest BCUT2D eigenvalue weighted by molar-refractivity contribution is 9.09. The number of rotatable bonds is 4. The minimum atomic E-state index is -0.170. The van der Waals surface area contributed by atoms with Crippen LogP contribution in [0, 0.1) is 5.82 Å². The fraction of sp³-hybridized carbons (Fsp3) is 0.158. The Morgan fingerprint density at radius 2 is 1.67 bits per heavy atom. The standard InChI is InChI=1S/C19H16BrF/c20-13-17(15-7-4-9-18(21)12-15)11-16-8-3-6-14-5-1-2-10-19(14)16/h1-10,12,17H,11,13H2. The summed E-state index contributed by atoms with van der Waals surface area (Å²) in [7, 11) is 0. The van der Waals surface area contributed by atoms with Gasteiger partial charge in [-0.15, -0.1) is 0 Å². The summed E-state index contributed by atoms with van der Waals surface area (Å²) >= 11 is 3.58. The molecule has 3 aromatic carbocycles. The van der Waals surface area contributed by atoms with Gasteiger partial charge in [-0.25, -0.2) is 4.39 Å². The second-order valence-electron chi connectivity index (χ2n) is 5.25. The predicted octanol–water partition coefficient (Wildman–Crippen LogP) is 5.70. The summed E-state index contributed by atoms with van der Waals surface area (Å²) in [6, 6.07) is 21.7. The molecule has 3 rings (SSSR count). The van der Waals surface area contributed by atoms with E-state index in [1.54, 1.807) is 12.1 Å². The van der Waals surface area contributed by atoms with Gasteiger partial charge in [-0.3, -0.25) is 0 Å². The van der Waals surface area contributed by atoms with Crippen LogP contribution in [0.2, 0.25) is 0 Å². The summed E-state index contributed by atoms with van der Waals surface area (Å²) in [6.07, 6.45) is 0.899. The molecule has 0 amide bonds. The summed E-state index contributed by atoms with van der Waals surface area (Å²) < 4.78 is 13.4. The van der Waals surface area contributed by atoms with Gasteiger partial charge in [0.15, 0.2) is 0 Å². The zero-order chi connectivity index (χ0) is 14.7. The first-order valence-corrected chi connectivity index (χ1v) is 8.18. The molecular formula is C19H16BrF. The largest absolute Gasteiger partial charge is 0.207 e. The highest BCUT2D eigenvalue weighted by atomic mass is 79.9. The van der Waals surface area contributed by atoms with E-state index in [4.69, 9.17) is 0 Å². The summed E-state index contributed by atoms with van der Waals surface area (Å²) in [5.74, 6) is 0.0999. The Bertz CT molecular complexity index is 746. The lowest BCUT2D eigenvalue weighted by atomic mass is 9.91. The molecule has 0 aliphatic heterocycles. The summed E-state index contributed by atoms with van der Waals surface area (Å²) in [5.41, 5.74) is 2.35. The van der Waals surface area contributed by atoms with Crippen LogP contribution in [0.5, 0.6) is 0 Å². The molecule has 0 spiro atoms. The van der Waals surface area contributed by atoms with Crippen LogP contribution in [0.1, 0.15) is 17.0 Å². The number of hydrogen-bond acceptors (Lipinski definition) is 0. The average Bonchev–Trinajstić information content (AvgIpc) is 2.52. The first-order valence-electron chi connectivity index (χ1n) is 7.06. The van der Waals surface area contributed by atoms with E-state index in [9.17, 15) is 4.39 Å². The van der Waals surface area contributed by atoms with Crippen molar-refractivity contribution in [2.24, 2.45) is 0 Å². The van der Waals surface area contributed by atoms with Gasteiger partial charge in [-0.1, -0.05) is 70.5 Å². The minimum absolute atomic E-state index is 0.170. The predicted molar refractivity (Wildman–Crippen MR) is 90.6 cm³/mol. The van der Waals surface area contributed by atoms with E-state index in [0.717, 1.165) is 17.3 Å². The molecule has 0 saturated carbocycles. The van der Waals surface area contributed by atoms with Gasteiger partial charge in [0, 0.05) is 5.33 Å². The van der Waals surface area contributed by atoms with E-state index in [2.05, 4.69) is 58.4 Å². The average molecular weight is 343 g/mol. The zero-order valence-corrected chi connectivity index (χ0v) is 13.2. The Morgan fingerprint density at radius 3 is 2.48 bits per heavy atom. The van der Waals surface area contributed by atoms with Crippen LogP contribution in [-0.4, -0.2) is 5.33 Å². The lowest BCUT2D eigenvalue weighted by molar-refractivity contribution is 0.621. The highest BCUT2D eigenvalue weighted by Crippen LogP contribution is 2.27. The van der Waals surface area contributed by atoms with Crippen LogP contribution < -0.4 is 0 Å². The smallest absolute Gasteiger partial charge is 0.123 e. The van der Waals surface area contributed by atoms with Gasteiger partial charge < -0.3 is 0 Å². The third-order valence-corrected chi connectivity index (χ3v) is 4.63. The van der Waals surface area contributed by atoms with E-state index in [1.807, 2.05) is 6.07 Å². The topological polar surface area (TPSA) is 0 Å². The number of hydrogen-bond donors (Lipinski definition) is 0. The zero-order valence-electron chi connectivity index (χ0n) is 11.6. The van der Waals surface area contributed by atoms with E-state index < -0.39 is 0 Å². The van der Waals surface area contributed by atoms with Crippen molar-refractivity contribution >= 4 is 26.7 Å². The lowest BCUT2D eigenvalue weighted by Crippen LogP contribution is -2.05. The molecule has 0 heterocycles. The Kier molecular flexibility index (Phi) is 4.35. The van der Waals surface area contributed by atoms with Crippen LogP contribution in [0.15, 0.2) is 66.7 Å². The number of benzene rings is 3. The van der Waals surface area contributed by atoms with E-state index >= 15 is 0 Å². The maximum atomic E-state index is 13.4. The monoisotopic (exact) mass is 342 g/mol. The minimum Gasteiger partial charge on any atom is -0.207 e. The maximum Gasteiger partial charge on any atom is 0.123 e. The molecule has 2 heteroatoms. The summed E-state index contributed by atoms with van der Waals surface area (Å²) in [6.45, 7) is 0. The van der Waals surface area contributed by atoms with Crippen LogP contribution in [0.3, 0.4) is 0 Å². The third-order valence-electron chi connectivity index (χ3n) is 3.85. The van der Waals surface area contributed by atoms with Crippen molar-refractivity contribution in [1.82, 2.24) is 0 Å². The van der Waals surface area contributed by atoms with Crippen molar-refractivity contribution in [2.75, 3.05) is 5.33 Å². The molecule has 1 atom stereocenters. The molecule has 0 aromatic heterocycles. The number of halogens is 2. The van der Waals surface area contributed by atoms with Crippen molar-refractivity contribution in [3.63, 3.8) is 0 Å². The third kappa shape index (κ3) is 3.16. The molecule has 3 aromatic rings. The summed E-state index contributed by atoms with van der Waals surface area (Å²) in [4.78, 5) is 0. The second-order valence-corrected chi connectivity index (χ2v) is 5.90. The molecule has 0 aliphatic carbocycles. The molecule has 0 radical (unpaired) electrons. The SMILES string of the molecule is Fc1cccc(C(CBr)Cc2cccc3ccccc23)c1. The van der Waals surface area contributed by atoms with Gasteiger partial charge in [0.2, 0.25) is 0 Å². The highest BCUT2D eigenvalue weighted by Gasteiger charge is 2.13. The van der Waals surface area contributed by atoms with Gasteiger partial charge in [0.25, 0.3) is 0 Å². The fourth-order valence-corrected chi connectivity index (χ4v) is 3.36. The van der Waals surface area contributed by atoms with Crippen molar-refractivity contribution in [3.05, 3.63) is 83.7 Å². The van der Waals surface area contributed by atoms with Crippen LogP contribution >= 0.6 is 15.9 Å². The Balaban J connectivity index is 1.96. The lowest BCUT2D eigenvalue weighted by Gasteiger charge is -2.16. The second kappa shape index (κ2) is 6.40. The Hall–Kier alpha value is -1.67. The quantitative estimate of drug-likeness (QED) is 0.533. The molecular weight excluding hydrogens is 327 g/mol. The molecule has 1 unspecified atom stereocenters.